The van der Waals surface area contributed by atoms with Gasteiger partial charge in [0.25, 0.3) is 0 Å². The molecule has 3 aromatic rings. The van der Waals surface area contributed by atoms with Crippen molar-refractivity contribution in [1.82, 2.24) is 4.98 Å². The van der Waals surface area contributed by atoms with Crippen molar-refractivity contribution >= 4 is 22.7 Å². The monoisotopic (exact) mass is 464 g/mol. The van der Waals surface area contributed by atoms with Gasteiger partial charge in [0.05, 0.1) is 17.8 Å². The van der Waals surface area contributed by atoms with Crippen molar-refractivity contribution < 1.29 is 23.7 Å². The summed E-state index contributed by atoms with van der Waals surface area (Å²) in [5.74, 6) is 0.214. The number of anilines is 1. The third-order valence-corrected chi connectivity index (χ3v) is 5.38. The first-order valence-corrected chi connectivity index (χ1v) is 11.4. The Balaban J connectivity index is 1.43. The number of rotatable bonds is 5. The predicted molar refractivity (Wildman–Crippen MR) is 132 cm³/mol. The van der Waals surface area contributed by atoms with Gasteiger partial charge in [-0.05, 0) is 71.0 Å². The summed E-state index contributed by atoms with van der Waals surface area (Å²) in [6.07, 6.45) is -0.471. The first-order valence-electron chi connectivity index (χ1n) is 11.4. The topological polar surface area (TPSA) is 70.1 Å². The highest BCUT2D eigenvalue weighted by atomic mass is 16.7. The summed E-state index contributed by atoms with van der Waals surface area (Å²) in [5, 5.41) is 0.992. The molecular formula is C27H32N2O5. The highest BCUT2D eigenvalue weighted by molar-refractivity contribution is 5.88. The maximum absolute atomic E-state index is 12.3. The standard InChI is InChI=1S/C27H32N2O5/c1-26(2,3)34-25(30)29(6)20-10-7-18(8-11-20)23-13-9-19-15-21(12-14-24(19)28-23)31-16-22-17-32-27(4,5)33-22/h7-15,22H,16-17H2,1-6H3/t22-/m0/s1. The Hall–Kier alpha value is -3.16. The number of hydrogen-bond acceptors (Lipinski definition) is 6. The average Bonchev–Trinajstić information content (AvgIpc) is 3.14. The predicted octanol–water partition coefficient (Wildman–Crippen LogP) is 5.80. The second-order valence-corrected chi connectivity index (χ2v) is 9.90. The van der Waals surface area contributed by atoms with Crippen LogP contribution in [0.15, 0.2) is 54.6 Å². The van der Waals surface area contributed by atoms with Gasteiger partial charge in [-0.2, -0.15) is 0 Å². The van der Waals surface area contributed by atoms with E-state index in [1.54, 1.807) is 7.05 Å². The molecule has 0 unspecified atom stereocenters. The number of benzene rings is 2. The minimum absolute atomic E-state index is 0.0801. The first-order chi connectivity index (χ1) is 16.0. The molecule has 1 aliphatic rings. The normalized spacial score (nSPS) is 17.5. The summed E-state index contributed by atoms with van der Waals surface area (Å²) in [7, 11) is 1.70. The first kappa shape index (κ1) is 24.0. The number of hydrogen-bond donors (Lipinski definition) is 0. The van der Waals surface area contributed by atoms with E-state index >= 15 is 0 Å². The van der Waals surface area contributed by atoms with Crippen LogP contribution in [0.5, 0.6) is 5.75 Å². The van der Waals surface area contributed by atoms with Crippen LogP contribution in [0.1, 0.15) is 34.6 Å². The lowest BCUT2D eigenvalue weighted by Gasteiger charge is -2.24. The fraction of sp³-hybridized carbons (Fsp3) is 0.407. The summed E-state index contributed by atoms with van der Waals surface area (Å²) >= 11 is 0. The highest BCUT2D eigenvalue weighted by Crippen LogP contribution is 2.27. The second kappa shape index (κ2) is 9.24. The molecule has 0 aliphatic carbocycles. The lowest BCUT2D eigenvalue weighted by molar-refractivity contribution is -0.141. The Bertz CT molecular complexity index is 1170. The van der Waals surface area contributed by atoms with Crippen molar-refractivity contribution in [3.63, 3.8) is 0 Å². The number of ether oxygens (including phenoxy) is 4. The molecule has 1 aromatic heterocycles. The summed E-state index contributed by atoms with van der Waals surface area (Å²) in [6, 6.07) is 17.5. The number of amides is 1. The molecule has 0 N–H and O–H groups in total. The third kappa shape index (κ3) is 5.85. The maximum Gasteiger partial charge on any atom is 0.414 e. The molecule has 1 aliphatic heterocycles. The number of aromatic nitrogens is 1. The Kier molecular flexibility index (Phi) is 6.51. The van der Waals surface area contributed by atoms with Crippen molar-refractivity contribution in [2.75, 3.05) is 25.2 Å². The Morgan fingerprint density at radius 3 is 2.50 bits per heavy atom. The van der Waals surface area contributed by atoms with Crippen molar-refractivity contribution in [3.8, 4) is 17.0 Å². The van der Waals surface area contributed by atoms with Crippen molar-refractivity contribution in [1.29, 1.82) is 0 Å². The number of carbonyl (C=O) groups is 1. The van der Waals surface area contributed by atoms with Crippen molar-refractivity contribution in [2.45, 2.75) is 52.1 Å². The van der Waals surface area contributed by atoms with E-state index in [4.69, 9.17) is 23.9 Å². The van der Waals surface area contributed by atoms with Crippen LogP contribution in [0.25, 0.3) is 22.2 Å². The van der Waals surface area contributed by atoms with E-state index in [-0.39, 0.29) is 6.10 Å². The van der Waals surface area contributed by atoms with Crippen molar-refractivity contribution in [2.24, 2.45) is 0 Å². The molecule has 1 saturated heterocycles. The minimum Gasteiger partial charge on any atom is -0.491 e. The number of carbonyl (C=O) groups excluding carboxylic acids is 1. The molecule has 2 aromatic carbocycles. The molecule has 34 heavy (non-hydrogen) atoms. The molecule has 2 heterocycles. The van der Waals surface area contributed by atoms with E-state index in [9.17, 15) is 4.79 Å². The maximum atomic E-state index is 12.3. The van der Waals surface area contributed by atoms with Crippen LogP contribution < -0.4 is 9.64 Å². The van der Waals surface area contributed by atoms with Gasteiger partial charge >= 0.3 is 6.09 Å². The van der Waals surface area contributed by atoms with Gasteiger partial charge in [0.1, 0.15) is 24.1 Å². The van der Waals surface area contributed by atoms with E-state index < -0.39 is 17.5 Å². The molecule has 1 amide bonds. The van der Waals surface area contributed by atoms with Gasteiger partial charge in [0.2, 0.25) is 0 Å². The molecular weight excluding hydrogens is 432 g/mol. The lowest BCUT2D eigenvalue weighted by atomic mass is 10.1. The molecule has 0 saturated carbocycles. The van der Waals surface area contributed by atoms with E-state index in [1.165, 1.54) is 4.90 Å². The van der Waals surface area contributed by atoms with Gasteiger partial charge in [0, 0.05) is 23.7 Å². The van der Waals surface area contributed by atoms with E-state index in [0.717, 1.165) is 33.6 Å². The Morgan fingerprint density at radius 2 is 1.85 bits per heavy atom. The fourth-order valence-corrected chi connectivity index (χ4v) is 3.68. The smallest absolute Gasteiger partial charge is 0.414 e. The van der Waals surface area contributed by atoms with Crippen LogP contribution in [0, 0.1) is 0 Å². The molecule has 1 atom stereocenters. The lowest BCUT2D eigenvalue weighted by Crippen LogP contribution is -2.34. The molecule has 0 spiro atoms. The fourth-order valence-electron chi connectivity index (χ4n) is 3.68. The van der Waals surface area contributed by atoms with Gasteiger partial charge in [-0.15, -0.1) is 0 Å². The average molecular weight is 465 g/mol. The van der Waals surface area contributed by atoms with Crippen LogP contribution in [-0.2, 0) is 14.2 Å². The zero-order valence-corrected chi connectivity index (χ0v) is 20.6. The van der Waals surface area contributed by atoms with Crippen LogP contribution >= 0.6 is 0 Å². The number of pyridine rings is 1. The van der Waals surface area contributed by atoms with E-state index in [2.05, 4.69) is 0 Å². The summed E-state index contributed by atoms with van der Waals surface area (Å²) in [6.45, 7) is 10.3. The van der Waals surface area contributed by atoms with Crippen LogP contribution in [0.3, 0.4) is 0 Å². The van der Waals surface area contributed by atoms with Gasteiger partial charge in [-0.1, -0.05) is 18.2 Å². The zero-order chi connectivity index (χ0) is 24.5. The Labute approximate surface area is 200 Å². The molecule has 0 radical (unpaired) electrons. The van der Waals surface area contributed by atoms with Gasteiger partial charge in [0.15, 0.2) is 5.79 Å². The second-order valence-electron chi connectivity index (χ2n) is 9.90. The van der Waals surface area contributed by atoms with Crippen LogP contribution in [0.2, 0.25) is 0 Å². The van der Waals surface area contributed by atoms with E-state index in [1.807, 2.05) is 89.2 Å². The SMILES string of the molecule is CN(C(=O)OC(C)(C)C)c1ccc(-c2ccc3cc(OC[C@H]4COC(C)(C)O4)ccc3n2)cc1. The quantitative estimate of drug-likeness (QED) is 0.475. The number of fused-ring (bicyclic) bond motifs is 1. The number of nitrogens with zero attached hydrogens (tertiary/aromatic N) is 2. The molecule has 180 valence electrons. The molecule has 7 heteroatoms. The molecule has 7 nitrogen and oxygen atoms in total. The third-order valence-electron chi connectivity index (χ3n) is 5.38. The van der Waals surface area contributed by atoms with Gasteiger partial charge in [-0.25, -0.2) is 9.78 Å². The molecule has 1 fully saturated rings. The zero-order valence-electron chi connectivity index (χ0n) is 20.6. The van der Waals surface area contributed by atoms with Gasteiger partial charge in [-0.3, -0.25) is 4.90 Å². The minimum atomic E-state index is -0.554. The summed E-state index contributed by atoms with van der Waals surface area (Å²) in [5.41, 5.74) is 2.90. The molecule has 0 bridgehead atoms. The van der Waals surface area contributed by atoms with E-state index in [0.29, 0.717) is 13.2 Å². The highest BCUT2D eigenvalue weighted by Gasteiger charge is 2.33. The summed E-state index contributed by atoms with van der Waals surface area (Å²) < 4.78 is 22.7. The summed E-state index contributed by atoms with van der Waals surface area (Å²) in [4.78, 5) is 18.6. The Morgan fingerprint density at radius 1 is 1.12 bits per heavy atom. The van der Waals surface area contributed by atoms with Crippen molar-refractivity contribution in [3.05, 3.63) is 54.6 Å². The van der Waals surface area contributed by atoms with Crippen LogP contribution in [-0.4, -0.2) is 48.8 Å². The van der Waals surface area contributed by atoms with Crippen LogP contribution in [0.4, 0.5) is 10.5 Å². The largest absolute Gasteiger partial charge is 0.491 e. The molecule has 4 rings (SSSR count). The van der Waals surface area contributed by atoms with Gasteiger partial charge < -0.3 is 18.9 Å².